The SMILES string of the molecule is COc1ccc(C(N)=O)c(OC(=O)c2ccc([N+](=O)[O-])cc2Cl)c1. The Hall–Kier alpha value is -3.13. The van der Waals surface area contributed by atoms with E-state index in [0.717, 1.165) is 18.2 Å². The van der Waals surface area contributed by atoms with E-state index in [9.17, 15) is 19.7 Å². The maximum Gasteiger partial charge on any atom is 0.345 e. The lowest BCUT2D eigenvalue weighted by Gasteiger charge is -2.10. The Bertz CT molecular complexity index is 837. The summed E-state index contributed by atoms with van der Waals surface area (Å²) in [6.45, 7) is 0. The molecule has 2 aromatic rings. The van der Waals surface area contributed by atoms with Crippen LogP contribution in [0.1, 0.15) is 20.7 Å². The first-order valence-corrected chi connectivity index (χ1v) is 6.85. The second kappa shape index (κ2) is 6.97. The number of non-ortho nitro benzene ring substituents is 1. The molecule has 0 bridgehead atoms. The standard InChI is InChI=1S/C15H11ClN2O6/c1-23-9-3-5-11(14(17)19)13(7-9)24-15(20)10-4-2-8(18(21)22)6-12(10)16/h2-7H,1H3,(H2,17,19). The molecule has 8 nitrogen and oxygen atoms in total. The predicted molar refractivity (Wildman–Crippen MR) is 84.6 cm³/mol. The molecular weight excluding hydrogens is 340 g/mol. The zero-order chi connectivity index (χ0) is 17.9. The molecule has 0 heterocycles. The van der Waals surface area contributed by atoms with E-state index in [1.165, 1.54) is 25.3 Å². The summed E-state index contributed by atoms with van der Waals surface area (Å²) in [7, 11) is 1.40. The molecule has 0 spiro atoms. The third-order valence-electron chi connectivity index (χ3n) is 3.04. The second-order valence-electron chi connectivity index (χ2n) is 4.54. The van der Waals surface area contributed by atoms with E-state index >= 15 is 0 Å². The van der Waals surface area contributed by atoms with Crippen LogP contribution in [0.5, 0.6) is 11.5 Å². The minimum absolute atomic E-state index is 0.0258. The van der Waals surface area contributed by atoms with Crippen LogP contribution in [-0.2, 0) is 0 Å². The number of methoxy groups -OCH3 is 1. The largest absolute Gasteiger partial charge is 0.497 e. The minimum Gasteiger partial charge on any atom is -0.497 e. The molecule has 0 atom stereocenters. The topological polar surface area (TPSA) is 122 Å². The van der Waals surface area contributed by atoms with Crippen LogP contribution in [0.4, 0.5) is 5.69 Å². The highest BCUT2D eigenvalue weighted by atomic mass is 35.5. The fourth-order valence-electron chi connectivity index (χ4n) is 1.86. The maximum absolute atomic E-state index is 12.2. The fourth-order valence-corrected chi connectivity index (χ4v) is 2.11. The highest BCUT2D eigenvalue weighted by Crippen LogP contribution is 2.28. The monoisotopic (exact) mass is 350 g/mol. The van der Waals surface area contributed by atoms with Crippen molar-refractivity contribution in [3.8, 4) is 11.5 Å². The third-order valence-corrected chi connectivity index (χ3v) is 3.35. The number of hydrogen-bond acceptors (Lipinski definition) is 6. The van der Waals surface area contributed by atoms with Crippen molar-refractivity contribution in [2.24, 2.45) is 5.73 Å². The average Bonchev–Trinajstić information content (AvgIpc) is 2.54. The van der Waals surface area contributed by atoms with E-state index in [1.54, 1.807) is 0 Å². The van der Waals surface area contributed by atoms with E-state index in [2.05, 4.69) is 0 Å². The lowest BCUT2D eigenvalue weighted by molar-refractivity contribution is -0.384. The van der Waals surface area contributed by atoms with E-state index in [4.69, 9.17) is 26.8 Å². The van der Waals surface area contributed by atoms with E-state index in [0.29, 0.717) is 5.75 Å². The van der Waals surface area contributed by atoms with Gasteiger partial charge in [-0.15, -0.1) is 0 Å². The first-order valence-electron chi connectivity index (χ1n) is 6.47. The number of primary amides is 1. The molecular formula is C15H11ClN2O6. The first kappa shape index (κ1) is 17.2. The number of hydrogen-bond donors (Lipinski definition) is 1. The highest BCUT2D eigenvalue weighted by molar-refractivity contribution is 6.33. The number of amides is 1. The number of carbonyl (C=O) groups excluding carboxylic acids is 2. The zero-order valence-corrected chi connectivity index (χ0v) is 13.1. The van der Waals surface area contributed by atoms with Crippen molar-refractivity contribution in [1.29, 1.82) is 0 Å². The van der Waals surface area contributed by atoms with Crippen molar-refractivity contribution in [2.75, 3.05) is 7.11 Å². The molecule has 0 saturated heterocycles. The van der Waals surface area contributed by atoms with Crippen molar-refractivity contribution in [2.45, 2.75) is 0 Å². The van der Waals surface area contributed by atoms with Crippen molar-refractivity contribution < 1.29 is 24.0 Å². The fraction of sp³-hybridized carbons (Fsp3) is 0.0667. The number of ether oxygens (including phenoxy) is 2. The van der Waals surface area contributed by atoms with E-state index < -0.39 is 16.8 Å². The lowest BCUT2D eigenvalue weighted by atomic mass is 10.1. The van der Waals surface area contributed by atoms with Gasteiger partial charge in [-0.1, -0.05) is 11.6 Å². The van der Waals surface area contributed by atoms with Crippen LogP contribution in [0.15, 0.2) is 36.4 Å². The summed E-state index contributed by atoms with van der Waals surface area (Å²) in [5.41, 5.74) is 4.84. The van der Waals surface area contributed by atoms with Gasteiger partial charge in [0.15, 0.2) is 0 Å². The Balaban J connectivity index is 2.36. The molecule has 0 fully saturated rings. The number of esters is 1. The molecule has 1 amide bonds. The molecule has 0 aliphatic heterocycles. The second-order valence-corrected chi connectivity index (χ2v) is 4.94. The quantitative estimate of drug-likeness (QED) is 0.382. The molecule has 0 aliphatic rings. The lowest BCUT2D eigenvalue weighted by Crippen LogP contribution is -2.16. The van der Waals surface area contributed by atoms with Crippen molar-refractivity contribution in [3.63, 3.8) is 0 Å². The molecule has 0 saturated carbocycles. The molecule has 2 N–H and O–H groups in total. The molecule has 0 radical (unpaired) electrons. The number of nitrogens with two attached hydrogens (primary N) is 1. The number of nitro groups is 1. The molecule has 124 valence electrons. The molecule has 24 heavy (non-hydrogen) atoms. The third kappa shape index (κ3) is 3.61. The van der Waals surface area contributed by atoms with E-state index in [1.807, 2.05) is 0 Å². The van der Waals surface area contributed by atoms with Crippen LogP contribution in [0.2, 0.25) is 5.02 Å². The van der Waals surface area contributed by atoms with Crippen molar-refractivity contribution >= 4 is 29.2 Å². The van der Waals surface area contributed by atoms with Crippen molar-refractivity contribution in [3.05, 3.63) is 62.7 Å². The van der Waals surface area contributed by atoms with Crippen LogP contribution in [0, 0.1) is 10.1 Å². The summed E-state index contributed by atoms with van der Waals surface area (Å²) in [5, 5.41) is 10.5. The number of halogens is 1. The Morgan fingerprint density at radius 1 is 1.17 bits per heavy atom. The maximum atomic E-state index is 12.2. The van der Waals surface area contributed by atoms with Gasteiger partial charge in [-0.3, -0.25) is 14.9 Å². The first-order chi connectivity index (χ1) is 11.3. The summed E-state index contributed by atoms with van der Waals surface area (Å²) in [5.74, 6) is -1.46. The summed E-state index contributed by atoms with van der Waals surface area (Å²) in [6.07, 6.45) is 0. The Morgan fingerprint density at radius 3 is 2.38 bits per heavy atom. The summed E-state index contributed by atoms with van der Waals surface area (Å²) >= 11 is 5.87. The number of benzene rings is 2. The van der Waals surface area contributed by atoms with Crippen LogP contribution < -0.4 is 15.2 Å². The number of nitrogens with zero attached hydrogens (tertiary/aromatic N) is 1. The molecule has 0 unspecified atom stereocenters. The Kier molecular flexibility index (Phi) is 5.00. The van der Waals surface area contributed by atoms with Gasteiger partial charge >= 0.3 is 5.97 Å². The van der Waals surface area contributed by atoms with Crippen LogP contribution in [0.25, 0.3) is 0 Å². The van der Waals surface area contributed by atoms with Crippen LogP contribution >= 0.6 is 11.6 Å². The van der Waals surface area contributed by atoms with Gasteiger partial charge < -0.3 is 15.2 Å². The summed E-state index contributed by atoms with van der Waals surface area (Å²) < 4.78 is 10.1. The molecule has 0 aliphatic carbocycles. The predicted octanol–water partition coefficient (Wildman–Crippen LogP) is 2.57. The summed E-state index contributed by atoms with van der Waals surface area (Å²) in [6, 6.07) is 7.45. The highest BCUT2D eigenvalue weighted by Gasteiger charge is 2.19. The van der Waals surface area contributed by atoms with Crippen LogP contribution in [0.3, 0.4) is 0 Å². The molecule has 2 rings (SSSR count). The molecule has 2 aromatic carbocycles. The smallest absolute Gasteiger partial charge is 0.345 e. The van der Waals surface area contributed by atoms with Gasteiger partial charge in [0.05, 0.1) is 28.2 Å². The number of rotatable bonds is 5. The Labute approximate surface area is 140 Å². The average molecular weight is 351 g/mol. The molecule has 9 heteroatoms. The van der Waals surface area contributed by atoms with Gasteiger partial charge in [-0.2, -0.15) is 0 Å². The Morgan fingerprint density at radius 2 is 1.83 bits per heavy atom. The van der Waals surface area contributed by atoms with Gasteiger partial charge in [0.25, 0.3) is 11.6 Å². The number of nitro benzene ring substituents is 1. The normalized spacial score (nSPS) is 10.1. The zero-order valence-electron chi connectivity index (χ0n) is 12.3. The van der Waals surface area contributed by atoms with Crippen LogP contribution in [-0.4, -0.2) is 23.9 Å². The van der Waals surface area contributed by atoms with Gasteiger partial charge in [0, 0.05) is 18.2 Å². The van der Waals surface area contributed by atoms with Crippen molar-refractivity contribution in [1.82, 2.24) is 0 Å². The number of carbonyl (C=O) groups is 2. The minimum atomic E-state index is -0.898. The van der Waals surface area contributed by atoms with E-state index in [-0.39, 0.29) is 27.6 Å². The van der Waals surface area contributed by atoms with Gasteiger partial charge in [0.1, 0.15) is 11.5 Å². The van der Waals surface area contributed by atoms with Gasteiger partial charge in [-0.05, 0) is 18.2 Å². The molecule has 0 aromatic heterocycles. The van der Waals surface area contributed by atoms with Gasteiger partial charge in [-0.25, -0.2) is 4.79 Å². The summed E-state index contributed by atoms with van der Waals surface area (Å²) in [4.78, 5) is 33.7. The van der Waals surface area contributed by atoms with Gasteiger partial charge in [0.2, 0.25) is 0 Å².